The lowest BCUT2D eigenvalue weighted by atomic mass is 10.0. The summed E-state index contributed by atoms with van der Waals surface area (Å²) < 4.78 is 5.61. The number of nitrogens with two attached hydrogens (primary N) is 1. The fourth-order valence-corrected chi connectivity index (χ4v) is 3.39. The Kier molecular flexibility index (Phi) is 4.44. The predicted molar refractivity (Wildman–Crippen MR) is 106 cm³/mol. The minimum atomic E-state index is -0.359. The molecule has 0 radical (unpaired) electrons. The van der Waals surface area contributed by atoms with E-state index in [9.17, 15) is 10.1 Å². The third kappa shape index (κ3) is 3.20. The molecular weight excluding hydrogens is 340 g/mol. The first-order valence-electron chi connectivity index (χ1n) is 8.70. The molecule has 1 aliphatic rings. The Morgan fingerprint density at radius 3 is 2.48 bits per heavy atom. The van der Waals surface area contributed by atoms with Crippen molar-refractivity contribution in [2.45, 2.75) is 0 Å². The second-order valence-electron chi connectivity index (χ2n) is 6.30. The van der Waals surface area contributed by atoms with Gasteiger partial charge < -0.3 is 10.5 Å². The number of ether oxygens (including phenoxy) is 1. The number of non-ortho nitro benzene ring substituents is 1. The van der Waals surface area contributed by atoms with Gasteiger partial charge in [0.25, 0.3) is 5.69 Å². The van der Waals surface area contributed by atoms with Crippen molar-refractivity contribution >= 4 is 17.3 Å². The van der Waals surface area contributed by atoms with E-state index in [4.69, 9.17) is 10.5 Å². The van der Waals surface area contributed by atoms with E-state index in [2.05, 4.69) is 0 Å². The van der Waals surface area contributed by atoms with Crippen LogP contribution in [0.25, 0.3) is 22.8 Å². The Balaban J connectivity index is 1.84. The van der Waals surface area contributed by atoms with Crippen LogP contribution in [0.1, 0.15) is 16.7 Å². The average molecular weight is 358 g/mol. The van der Waals surface area contributed by atoms with Gasteiger partial charge in [-0.3, -0.25) is 10.1 Å². The molecule has 0 aliphatic heterocycles. The summed E-state index contributed by atoms with van der Waals surface area (Å²) in [4.78, 5) is 10.9. The maximum atomic E-state index is 11.2. The number of hydrogen-bond acceptors (Lipinski definition) is 4. The van der Waals surface area contributed by atoms with Crippen LogP contribution < -0.4 is 10.5 Å². The van der Waals surface area contributed by atoms with Gasteiger partial charge in [0.1, 0.15) is 12.4 Å². The van der Waals surface area contributed by atoms with Crippen molar-refractivity contribution in [3.8, 4) is 16.9 Å². The molecule has 1 aliphatic carbocycles. The molecule has 0 spiro atoms. The van der Waals surface area contributed by atoms with Gasteiger partial charge in [0.2, 0.25) is 0 Å². The SMILES string of the molecule is NCCOc1cccc(C=C2c3ccccc3-c3ccc([N+](=O)[O-])cc32)c1. The molecule has 3 aromatic rings. The molecule has 0 saturated heterocycles. The van der Waals surface area contributed by atoms with Crippen molar-refractivity contribution in [2.24, 2.45) is 5.73 Å². The minimum absolute atomic E-state index is 0.0903. The lowest BCUT2D eigenvalue weighted by Crippen LogP contribution is -2.10. The number of nitro groups is 1. The van der Waals surface area contributed by atoms with Crippen LogP contribution in [0.5, 0.6) is 5.75 Å². The van der Waals surface area contributed by atoms with Crippen molar-refractivity contribution < 1.29 is 9.66 Å². The fraction of sp³-hybridized carbons (Fsp3) is 0.0909. The molecule has 0 amide bonds. The third-order valence-electron chi connectivity index (χ3n) is 4.57. The van der Waals surface area contributed by atoms with Crippen molar-refractivity contribution in [1.29, 1.82) is 0 Å². The van der Waals surface area contributed by atoms with Crippen LogP contribution >= 0.6 is 0 Å². The van der Waals surface area contributed by atoms with E-state index in [-0.39, 0.29) is 10.6 Å². The number of hydrogen-bond donors (Lipinski definition) is 1. The first kappa shape index (κ1) is 17.0. The van der Waals surface area contributed by atoms with Gasteiger partial charge in [0.15, 0.2) is 0 Å². The first-order chi connectivity index (χ1) is 13.2. The van der Waals surface area contributed by atoms with Crippen LogP contribution in [-0.2, 0) is 0 Å². The minimum Gasteiger partial charge on any atom is -0.492 e. The molecule has 0 fully saturated rings. The van der Waals surface area contributed by atoms with Gasteiger partial charge in [0.05, 0.1) is 4.92 Å². The van der Waals surface area contributed by atoms with Crippen LogP contribution in [-0.4, -0.2) is 18.1 Å². The number of rotatable bonds is 5. The van der Waals surface area contributed by atoms with Gasteiger partial charge in [-0.05, 0) is 57.7 Å². The molecule has 0 unspecified atom stereocenters. The number of nitrogens with zero attached hydrogens (tertiary/aromatic N) is 1. The normalized spacial score (nSPS) is 13.3. The van der Waals surface area contributed by atoms with Crippen molar-refractivity contribution in [3.05, 3.63) is 93.5 Å². The number of nitro benzene ring substituents is 1. The summed E-state index contributed by atoms with van der Waals surface area (Å²) in [6.45, 7) is 0.910. The van der Waals surface area contributed by atoms with E-state index in [0.29, 0.717) is 13.2 Å². The van der Waals surface area contributed by atoms with Gasteiger partial charge in [-0.1, -0.05) is 36.4 Å². The van der Waals surface area contributed by atoms with Gasteiger partial charge >= 0.3 is 0 Å². The zero-order chi connectivity index (χ0) is 18.8. The Morgan fingerprint density at radius 1 is 0.926 bits per heavy atom. The van der Waals surface area contributed by atoms with Crippen LogP contribution in [0.3, 0.4) is 0 Å². The smallest absolute Gasteiger partial charge is 0.270 e. The summed E-state index contributed by atoms with van der Waals surface area (Å²) in [6.07, 6.45) is 2.05. The van der Waals surface area contributed by atoms with Gasteiger partial charge in [-0.15, -0.1) is 0 Å². The Hall–Kier alpha value is -3.44. The molecule has 0 saturated carbocycles. The summed E-state index contributed by atoms with van der Waals surface area (Å²) in [6, 6.07) is 20.8. The highest BCUT2D eigenvalue weighted by Gasteiger charge is 2.25. The monoisotopic (exact) mass is 358 g/mol. The van der Waals surface area contributed by atoms with Crippen molar-refractivity contribution in [2.75, 3.05) is 13.2 Å². The topological polar surface area (TPSA) is 78.4 Å². The van der Waals surface area contributed by atoms with Crippen LogP contribution in [0.15, 0.2) is 66.7 Å². The molecule has 134 valence electrons. The highest BCUT2D eigenvalue weighted by atomic mass is 16.6. The highest BCUT2D eigenvalue weighted by Crippen LogP contribution is 2.46. The Morgan fingerprint density at radius 2 is 1.70 bits per heavy atom. The molecule has 5 nitrogen and oxygen atoms in total. The summed E-state index contributed by atoms with van der Waals surface area (Å²) >= 11 is 0. The summed E-state index contributed by atoms with van der Waals surface area (Å²) in [5.41, 5.74) is 11.6. The van der Waals surface area contributed by atoms with E-state index < -0.39 is 0 Å². The molecule has 5 heteroatoms. The third-order valence-corrected chi connectivity index (χ3v) is 4.57. The van der Waals surface area contributed by atoms with E-state index in [1.54, 1.807) is 12.1 Å². The van der Waals surface area contributed by atoms with Crippen LogP contribution in [0.4, 0.5) is 5.69 Å². The van der Waals surface area contributed by atoms with E-state index in [1.165, 1.54) is 0 Å². The van der Waals surface area contributed by atoms with Gasteiger partial charge in [0, 0.05) is 18.7 Å². The van der Waals surface area contributed by atoms with Gasteiger partial charge in [-0.2, -0.15) is 0 Å². The predicted octanol–water partition coefficient (Wildman–Crippen LogP) is 4.50. The standard InChI is InChI=1S/C22H18N2O3/c23-10-11-27-17-5-3-4-15(12-17)13-21-19-7-2-1-6-18(19)20-9-8-16(24(25)26)14-22(20)21/h1-9,12-14H,10-11,23H2. The largest absolute Gasteiger partial charge is 0.492 e. The highest BCUT2D eigenvalue weighted by molar-refractivity contribution is 6.07. The summed E-state index contributed by atoms with van der Waals surface area (Å²) in [5, 5.41) is 11.2. The lowest BCUT2D eigenvalue weighted by molar-refractivity contribution is -0.384. The van der Waals surface area contributed by atoms with Crippen molar-refractivity contribution in [1.82, 2.24) is 0 Å². The second-order valence-corrected chi connectivity index (χ2v) is 6.30. The first-order valence-corrected chi connectivity index (χ1v) is 8.70. The second kappa shape index (κ2) is 7.05. The number of benzene rings is 3. The lowest BCUT2D eigenvalue weighted by Gasteiger charge is -2.07. The molecule has 4 rings (SSSR count). The van der Waals surface area contributed by atoms with E-state index in [1.807, 2.05) is 60.7 Å². The van der Waals surface area contributed by atoms with E-state index in [0.717, 1.165) is 39.1 Å². The summed E-state index contributed by atoms with van der Waals surface area (Å²) in [7, 11) is 0. The molecule has 0 aromatic heterocycles. The molecule has 0 bridgehead atoms. The molecular formula is C22H18N2O3. The maximum absolute atomic E-state index is 11.2. The zero-order valence-corrected chi connectivity index (χ0v) is 14.6. The summed E-state index contributed by atoms with van der Waals surface area (Å²) in [5.74, 6) is 0.750. The Labute approximate surface area is 156 Å². The molecule has 2 N–H and O–H groups in total. The average Bonchev–Trinajstić information content (AvgIpc) is 3.00. The zero-order valence-electron chi connectivity index (χ0n) is 14.6. The van der Waals surface area contributed by atoms with Crippen molar-refractivity contribution in [3.63, 3.8) is 0 Å². The molecule has 0 atom stereocenters. The molecule has 3 aromatic carbocycles. The van der Waals surface area contributed by atoms with E-state index >= 15 is 0 Å². The maximum Gasteiger partial charge on any atom is 0.270 e. The van der Waals surface area contributed by atoms with Crippen LogP contribution in [0, 0.1) is 10.1 Å². The number of fused-ring (bicyclic) bond motifs is 3. The molecule has 0 heterocycles. The molecule has 27 heavy (non-hydrogen) atoms. The fourth-order valence-electron chi connectivity index (χ4n) is 3.39. The van der Waals surface area contributed by atoms with Gasteiger partial charge in [-0.25, -0.2) is 0 Å². The Bertz CT molecular complexity index is 1060. The quantitative estimate of drug-likeness (QED) is 0.421. The van der Waals surface area contributed by atoms with Crippen LogP contribution in [0.2, 0.25) is 0 Å².